The molecule has 160 valence electrons. The number of anilines is 1. The first-order chi connectivity index (χ1) is 14.8. The van der Waals surface area contributed by atoms with Crippen molar-refractivity contribution >= 4 is 37.1 Å². The van der Waals surface area contributed by atoms with Crippen molar-refractivity contribution < 1.29 is 21.4 Å². The number of benzene rings is 2. The first-order valence-corrected chi connectivity index (χ1v) is 12.7. The quantitative estimate of drug-likeness (QED) is 0.399. The zero-order valence-electron chi connectivity index (χ0n) is 15.8. The van der Waals surface area contributed by atoms with Crippen LogP contribution in [-0.2, 0) is 26.6 Å². The lowest BCUT2D eigenvalue weighted by Gasteiger charge is -2.06. The smallest absolute Gasteiger partial charge is 0.271 e. The first-order valence-electron chi connectivity index (χ1n) is 8.88. The third-order valence-electron chi connectivity index (χ3n) is 4.09. The second kappa shape index (κ2) is 8.59. The molecule has 0 spiro atoms. The average molecular weight is 477 g/mol. The predicted molar refractivity (Wildman–Crippen MR) is 115 cm³/mol. The van der Waals surface area contributed by atoms with Gasteiger partial charge in [0, 0.05) is 11.3 Å². The van der Waals surface area contributed by atoms with E-state index >= 15 is 0 Å². The fraction of sp³-hybridized carbons (Fsp3) is 0.0526. The second-order valence-electron chi connectivity index (χ2n) is 6.26. The molecule has 0 saturated heterocycles. The van der Waals surface area contributed by atoms with Crippen LogP contribution in [0.25, 0.3) is 11.4 Å². The normalized spacial score (nSPS) is 12.0. The predicted octanol–water partition coefficient (Wildman–Crippen LogP) is 3.08. The SMILES string of the molecule is O=S(=O)(NCc1nc(-c2ccc(NS(=O)(=O)c3cccs3)cc2)no1)c1ccccc1. The van der Waals surface area contributed by atoms with E-state index in [4.69, 9.17) is 4.52 Å². The van der Waals surface area contributed by atoms with Gasteiger partial charge in [-0.15, -0.1) is 11.3 Å². The topological polar surface area (TPSA) is 131 Å². The van der Waals surface area contributed by atoms with Crippen molar-refractivity contribution in [2.24, 2.45) is 0 Å². The van der Waals surface area contributed by atoms with Crippen LogP contribution in [0.1, 0.15) is 5.89 Å². The van der Waals surface area contributed by atoms with E-state index in [-0.39, 0.29) is 27.4 Å². The first kappa shape index (κ1) is 21.2. The zero-order valence-corrected chi connectivity index (χ0v) is 18.2. The van der Waals surface area contributed by atoms with Crippen LogP contribution in [-0.4, -0.2) is 27.0 Å². The summed E-state index contributed by atoms with van der Waals surface area (Å²) in [5.74, 6) is 0.346. The third-order valence-corrected chi connectivity index (χ3v) is 8.29. The van der Waals surface area contributed by atoms with Gasteiger partial charge in [0.15, 0.2) is 0 Å². The molecule has 2 aromatic carbocycles. The van der Waals surface area contributed by atoms with Gasteiger partial charge < -0.3 is 4.52 Å². The summed E-state index contributed by atoms with van der Waals surface area (Å²) in [5.41, 5.74) is 0.969. The Morgan fingerprint density at radius 2 is 1.61 bits per heavy atom. The summed E-state index contributed by atoms with van der Waals surface area (Å²) >= 11 is 1.13. The number of nitrogens with one attached hydrogen (secondary N) is 2. The third kappa shape index (κ3) is 4.99. The van der Waals surface area contributed by atoms with Crippen molar-refractivity contribution in [3.8, 4) is 11.4 Å². The van der Waals surface area contributed by atoms with Crippen LogP contribution in [0.15, 0.2) is 85.7 Å². The molecule has 2 aromatic heterocycles. The van der Waals surface area contributed by atoms with Crippen molar-refractivity contribution in [3.63, 3.8) is 0 Å². The summed E-state index contributed by atoms with van der Waals surface area (Å²) in [5, 5.41) is 5.53. The largest absolute Gasteiger partial charge is 0.338 e. The Hall–Kier alpha value is -3.06. The Morgan fingerprint density at radius 1 is 0.871 bits per heavy atom. The Morgan fingerprint density at radius 3 is 2.29 bits per heavy atom. The number of sulfonamides is 2. The standard InChI is InChI=1S/C19H16N4O5S3/c24-30(25,16-5-2-1-3-6-16)20-13-17-21-19(22-28-17)14-8-10-15(11-9-14)23-31(26,27)18-7-4-12-29-18/h1-12,20,23H,13H2. The van der Waals surface area contributed by atoms with E-state index in [0.29, 0.717) is 11.3 Å². The van der Waals surface area contributed by atoms with E-state index in [1.54, 1.807) is 53.9 Å². The number of rotatable bonds is 8. The van der Waals surface area contributed by atoms with Gasteiger partial charge in [0.05, 0.1) is 11.4 Å². The molecule has 12 heteroatoms. The van der Waals surface area contributed by atoms with Crippen LogP contribution in [0.4, 0.5) is 5.69 Å². The monoisotopic (exact) mass is 476 g/mol. The molecule has 2 N–H and O–H groups in total. The van der Waals surface area contributed by atoms with Gasteiger partial charge in [-0.05, 0) is 47.8 Å². The van der Waals surface area contributed by atoms with Gasteiger partial charge in [0.1, 0.15) is 4.21 Å². The Bertz CT molecular complexity index is 1370. The molecule has 0 aliphatic rings. The van der Waals surface area contributed by atoms with Gasteiger partial charge >= 0.3 is 0 Å². The summed E-state index contributed by atoms with van der Waals surface area (Å²) in [7, 11) is -7.33. The summed E-state index contributed by atoms with van der Waals surface area (Å²) in [6.07, 6.45) is 0. The molecule has 4 aromatic rings. The fourth-order valence-electron chi connectivity index (χ4n) is 2.59. The molecule has 0 atom stereocenters. The molecule has 0 fully saturated rings. The highest BCUT2D eigenvalue weighted by Gasteiger charge is 2.17. The highest BCUT2D eigenvalue weighted by Crippen LogP contribution is 2.23. The van der Waals surface area contributed by atoms with E-state index in [9.17, 15) is 16.8 Å². The minimum Gasteiger partial charge on any atom is -0.338 e. The number of nitrogens with zero attached hydrogens (tertiary/aromatic N) is 2. The Kier molecular flexibility index (Phi) is 5.87. The maximum absolute atomic E-state index is 12.3. The van der Waals surface area contributed by atoms with Crippen LogP contribution in [0.2, 0.25) is 0 Å². The van der Waals surface area contributed by atoms with Gasteiger partial charge in [-0.3, -0.25) is 4.72 Å². The molecule has 0 aliphatic heterocycles. The summed E-state index contributed by atoms with van der Waals surface area (Å²) < 4.78 is 59.3. The Labute approximate surface area is 182 Å². The van der Waals surface area contributed by atoms with E-state index in [1.165, 1.54) is 18.2 Å². The lowest BCUT2D eigenvalue weighted by atomic mass is 10.2. The molecule has 31 heavy (non-hydrogen) atoms. The average Bonchev–Trinajstić information content (AvgIpc) is 3.46. The molecule has 0 amide bonds. The molecular formula is C19H16N4O5S3. The van der Waals surface area contributed by atoms with E-state index in [2.05, 4.69) is 19.6 Å². The molecule has 0 aliphatic carbocycles. The van der Waals surface area contributed by atoms with Crippen molar-refractivity contribution in [2.45, 2.75) is 15.6 Å². The van der Waals surface area contributed by atoms with Gasteiger partial charge in [-0.25, -0.2) is 21.6 Å². The molecular weight excluding hydrogens is 460 g/mol. The minimum atomic E-state index is -3.70. The molecule has 0 bridgehead atoms. The van der Waals surface area contributed by atoms with Crippen LogP contribution in [0.5, 0.6) is 0 Å². The van der Waals surface area contributed by atoms with Gasteiger partial charge in [-0.1, -0.05) is 29.4 Å². The molecule has 2 heterocycles. The van der Waals surface area contributed by atoms with Crippen LogP contribution < -0.4 is 9.44 Å². The highest BCUT2D eigenvalue weighted by molar-refractivity contribution is 7.94. The molecule has 9 nitrogen and oxygen atoms in total. The number of hydrogen-bond acceptors (Lipinski definition) is 8. The summed E-state index contributed by atoms with van der Waals surface area (Å²) in [4.78, 5) is 4.31. The fourth-order valence-corrected chi connectivity index (χ4v) is 5.64. The summed E-state index contributed by atoms with van der Waals surface area (Å²) in [6.45, 7) is -0.164. The maximum atomic E-state index is 12.3. The maximum Gasteiger partial charge on any atom is 0.271 e. The lowest BCUT2D eigenvalue weighted by molar-refractivity contribution is 0.376. The zero-order chi connectivity index (χ0) is 21.9. The number of thiophene rings is 1. The molecule has 0 saturated carbocycles. The van der Waals surface area contributed by atoms with Gasteiger partial charge in [0.25, 0.3) is 10.0 Å². The minimum absolute atomic E-state index is 0.0944. The summed E-state index contributed by atoms with van der Waals surface area (Å²) in [6, 6.07) is 17.6. The number of aromatic nitrogens is 2. The Balaban J connectivity index is 1.42. The molecule has 0 unspecified atom stereocenters. The van der Waals surface area contributed by atoms with E-state index < -0.39 is 20.0 Å². The van der Waals surface area contributed by atoms with Crippen LogP contribution >= 0.6 is 11.3 Å². The van der Waals surface area contributed by atoms with Crippen molar-refractivity contribution in [1.29, 1.82) is 0 Å². The van der Waals surface area contributed by atoms with Crippen molar-refractivity contribution in [1.82, 2.24) is 14.9 Å². The lowest BCUT2D eigenvalue weighted by Crippen LogP contribution is -2.23. The van der Waals surface area contributed by atoms with Gasteiger partial charge in [0.2, 0.25) is 21.7 Å². The van der Waals surface area contributed by atoms with E-state index in [1.807, 2.05) is 0 Å². The number of hydrogen-bond donors (Lipinski definition) is 2. The van der Waals surface area contributed by atoms with Crippen molar-refractivity contribution in [3.05, 3.63) is 78.0 Å². The molecule has 4 rings (SSSR count). The van der Waals surface area contributed by atoms with Gasteiger partial charge in [-0.2, -0.15) is 4.98 Å². The van der Waals surface area contributed by atoms with Crippen LogP contribution in [0.3, 0.4) is 0 Å². The molecule has 0 radical (unpaired) electrons. The van der Waals surface area contributed by atoms with Crippen molar-refractivity contribution in [2.75, 3.05) is 4.72 Å². The van der Waals surface area contributed by atoms with E-state index in [0.717, 1.165) is 11.3 Å². The second-order valence-corrected chi connectivity index (χ2v) is 10.9. The van der Waals surface area contributed by atoms with Crippen LogP contribution in [0, 0.1) is 0 Å². The highest BCUT2D eigenvalue weighted by atomic mass is 32.2.